The molecule has 0 radical (unpaired) electrons. The van der Waals surface area contributed by atoms with Gasteiger partial charge in [0, 0.05) is 58.2 Å². The maximum atomic E-state index is 10.3. The zero-order chi connectivity index (χ0) is 34.2. The predicted octanol–water partition coefficient (Wildman–Crippen LogP) is 11.0. The molecule has 4 aromatic rings. The van der Waals surface area contributed by atoms with Crippen LogP contribution >= 0.6 is 0 Å². The molecule has 4 aromatic carbocycles. The van der Waals surface area contributed by atoms with Gasteiger partial charge in [0.2, 0.25) is 0 Å². The summed E-state index contributed by atoms with van der Waals surface area (Å²) in [4.78, 5) is 4.83. The number of nitriles is 2. The van der Waals surface area contributed by atoms with Crippen molar-refractivity contribution in [3.05, 3.63) is 185 Å². The van der Waals surface area contributed by atoms with E-state index in [0.717, 1.165) is 28.1 Å². The minimum Gasteiger partial charge on any atom is -0.337 e. The van der Waals surface area contributed by atoms with Gasteiger partial charge in [0.25, 0.3) is 0 Å². The van der Waals surface area contributed by atoms with Crippen LogP contribution in [0.3, 0.4) is 0 Å². The third-order valence-corrected chi connectivity index (χ3v) is 10.4. The first-order valence-corrected chi connectivity index (χ1v) is 17.4. The average molecular weight is 647 g/mol. The van der Waals surface area contributed by atoms with Gasteiger partial charge >= 0.3 is 0 Å². The van der Waals surface area contributed by atoms with E-state index in [-0.39, 0.29) is 17.9 Å². The van der Waals surface area contributed by atoms with E-state index in [1.54, 1.807) is 0 Å². The summed E-state index contributed by atoms with van der Waals surface area (Å²) < 4.78 is 0. The van der Waals surface area contributed by atoms with Crippen LogP contribution in [0, 0.1) is 29.6 Å². The molecule has 4 nitrogen and oxygen atoms in total. The lowest BCUT2D eigenvalue weighted by Crippen LogP contribution is -2.29. The molecule has 2 aliphatic carbocycles. The van der Waals surface area contributed by atoms with Crippen LogP contribution in [0.15, 0.2) is 157 Å². The second kappa shape index (κ2) is 13.1. The Morgan fingerprint density at radius 2 is 1.52 bits per heavy atom. The molecule has 2 aliphatic heterocycles. The summed E-state index contributed by atoms with van der Waals surface area (Å²) in [6.07, 6.45) is 20.1. The second-order valence-corrected chi connectivity index (χ2v) is 13.6. The van der Waals surface area contributed by atoms with Gasteiger partial charge in [-0.3, -0.25) is 0 Å². The van der Waals surface area contributed by atoms with Crippen molar-refractivity contribution >= 4 is 28.3 Å². The predicted molar refractivity (Wildman–Crippen MR) is 205 cm³/mol. The third kappa shape index (κ3) is 5.60. The van der Waals surface area contributed by atoms with Gasteiger partial charge in [-0.05, 0) is 83.7 Å². The molecule has 4 unspecified atom stereocenters. The molecule has 4 heteroatoms. The highest BCUT2D eigenvalue weighted by Gasteiger charge is 2.38. The summed E-state index contributed by atoms with van der Waals surface area (Å²) in [6.45, 7) is 4.90. The highest BCUT2D eigenvalue weighted by Crippen LogP contribution is 2.50. The molecule has 8 rings (SSSR count). The van der Waals surface area contributed by atoms with Crippen LogP contribution < -0.4 is 9.80 Å². The van der Waals surface area contributed by atoms with Gasteiger partial charge in [0.15, 0.2) is 0 Å². The molecule has 242 valence electrons. The Morgan fingerprint density at radius 3 is 2.34 bits per heavy atom. The number of allylic oxidation sites excluding steroid dienone is 9. The summed E-state index contributed by atoms with van der Waals surface area (Å²) in [5.41, 5.74) is 13.2. The lowest BCUT2D eigenvalue weighted by molar-refractivity contribution is 0.736. The molecule has 0 bridgehead atoms. The fraction of sp³-hybridized carbons (Fsp3) is 0.174. The van der Waals surface area contributed by atoms with E-state index in [2.05, 4.69) is 175 Å². The topological polar surface area (TPSA) is 54.1 Å². The molecule has 50 heavy (non-hydrogen) atoms. The quantitative estimate of drug-likeness (QED) is 0.221. The number of fused-ring (bicyclic) bond motifs is 4. The summed E-state index contributed by atoms with van der Waals surface area (Å²) >= 11 is 0. The lowest BCUT2D eigenvalue weighted by Gasteiger charge is -2.32. The van der Waals surface area contributed by atoms with Crippen molar-refractivity contribution in [2.24, 2.45) is 0 Å². The summed E-state index contributed by atoms with van der Waals surface area (Å²) in [5, 5.41) is 20.1. The molecule has 0 saturated heterocycles. The Balaban J connectivity index is 1.19. The van der Waals surface area contributed by atoms with Crippen LogP contribution in [0.5, 0.6) is 0 Å². The summed E-state index contributed by atoms with van der Waals surface area (Å²) in [7, 11) is 0. The largest absolute Gasteiger partial charge is 0.337 e. The molecule has 0 saturated carbocycles. The molecular weight excluding hydrogens is 609 g/mol. The van der Waals surface area contributed by atoms with E-state index in [4.69, 9.17) is 0 Å². The molecule has 2 heterocycles. The SMILES string of the molecule is Cc1ccc2c(c1)C(C)/C=C(C#N)\C=C/CN2c1cccc(C2=CC(c3ccccc3N3c4ccccc4C4C=CC=CC43)CC(C#N)=C2)c1. The Hall–Kier alpha value is -6.10. The maximum absolute atomic E-state index is 10.3. The van der Waals surface area contributed by atoms with Crippen LogP contribution in [0.25, 0.3) is 5.57 Å². The Labute approximate surface area is 295 Å². The van der Waals surface area contributed by atoms with Gasteiger partial charge in [-0.15, -0.1) is 0 Å². The van der Waals surface area contributed by atoms with Crippen LogP contribution in [0.1, 0.15) is 58.9 Å². The highest BCUT2D eigenvalue weighted by molar-refractivity contribution is 5.83. The smallest absolute Gasteiger partial charge is 0.0988 e. The lowest BCUT2D eigenvalue weighted by atomic mass is 9.82. The molecule has 4 atom stereocenters. The Kier molecular flexibility index (Phi) is 8.15. The van der Waals surface area contributed by atoms with E-state index >= 15 is 0 Å². The molecule has 0 amide bonds. The van der Waals surface area contributed by atoms with Gasteiger partial charge < -0.3 is 9.80 Å². The normalized spacial score (nSPS) is 23.7. The van der Waals surface area contributed by atoms with Gasteiger partial charge in [0.1, 0.15) is 0 Å². The van der Waals surface area contributed by atoms with Gasteiger partial charge in [-0.25, -0.2) is 0 Å². The molecule has 0 spiro atoms. The minimum atomic E-state index is 0.0343. The molecule has 4 aliphatic rings. The number of hydrogen-bond donors (Lipinski definition) is 0. The van der Waals surface area contributed by atoms with E-state index in [1.807, 2.05) is 6.08 Å². The number of rotatable bonds is 4. The number of hydrogen-bond acceptors (Lipinski definition) is 4. The Morgan fingerprint density at radius 1 is 0.740 bits per heavy atom. The molecule has 0 fully saturated rings. The minimum absolute atomic E-state index is 0.0343. The van der Waals surface area contributed by atoms with Crippen molar-refractivity contribution in [1.82, 2.24) is 0 Å². The standard InChI is InChI=1S/C46H38N4/c1-31-20-21-43-42(23-31)32(2)24-33(29-47)11-10-22-49(43)38-13-9-12-35(28-38)36-25-34(30-48)26-37(27-36)39-14-3-6-17-44(39)50-45-18-7-4-15-40(45)41-16-5-8-19-46(41)50/h3-21,23-25,27-28,32,37,40,45H,22,26H2,1-2H3/b11-10-,33-24+. The fourth-order valence-corrected chi connectivity index (χ4v) is 8.11. The van der Waals surface area contributed by atoms with Gasteiger partial charge in [0.05, 0.1) is 18.2 Å². The van der Waals surface area contributed by atoms with E-state index < -0.39 is 0 Å². The van der Waals surface area contributed by atoms with Crippen molar-refractivity contribution in [2.75, 3.05) is 16.3 Å². The molecule has 0 aromatic heterocycles. The van der Waals surface area contributed by atoms with Crippen molar-refractivity contribution < 1.29 is 0 Å². The third-order valence-electron chi connectivity index (χ3n) is 10.4. The van der Waals surface area contributed by atoms with Gasteiger partial charge in [-0.1, -0.05) is 116 Å². The number of nitrogens with zero attached hydrogens (tertiary/aromatic N) is 4. The van der Waals surface area contributed by atoms with Crippen LogP contribution in [-0.4, -0.2) is 12.6 Å². The van der Waals surface area contributed by atoms with E-state index in [0.29, 0.717) is 24.5 Å². The maximum Gasteiger partial charge on any atom is 0.0988 e. The first kappa shape index (κ1) is 31.2. The zero-order valence-electron chi connectivity index (χ0n) is 28.4. The molecular formula is C46H38N4. The van der Waals surface area contributed by atoms with Crippen LogP contribution in [0.2, 0.25) is 0 Å². The zero-order valence-corrected chi connectivity index (χ0v) is 28.4. The van der Waals surface area contributed by atoms with Crippen LogP contribution in [0.4, 0.5) is 22.7 Å². The molecule has 0 N–H and O–H groups in total. The van der Waals surface area contributed by atoms with Crippen molar-refractivity contribution in [3.8, 4) is 12.1 Å². The van der Waals surface area contributed by atoms with Crippen LogP contribution in [-0.2, 0) is 0 Å². The second-order valence-electron chi connectivity index (χ2n) is 13.6. The number of para-hydroxylation sites is 2. The summed E-state index contributed by atoms with van der Waals surface area (Å²) in [6, 6.07) is 37.8. The fourth-order valence-electron chi connectivity index (χ4n) is 8.11. The van der Waals surface area contributed by atoms with Crippen molar-refractivity contribution in [3.63, 3.8) is 0 Å². The first-order chi connectivity index (χ1) is 24.5. The van der Waals surface area contributed by atoms with Gasteiger partial charge in [-0.2, -0.15) is 10.5 Å². The number of aryl methyl sites for hydroxylation is 1. The monoisotopic (exact) mass is 646 g/mol. The van der Waals surface area contributed by atoms with E-state index in [9.17, 15) is 10.5 Å². The average Bonchev–Trinajstić information content (AvgIpc) is 3.52. The Bertz CT molecular complexity index is 2270. The number of anilines is 4. The first-order valence-electron chi connectivity index (χ1n) is 17.4. The van der Waals surface area contributed by atoms with E-state index in [1.165, 1.54) is 33.6 Å². The van der Waals surface area contributed by atoms with Crippen molar-refractivity contribution in [1.29, 1.82) is 10.5 Å². The van der Waals surface area contributed by atoms with Crippen molar-refractivity contribution in [2.45, 2.75) is 44.1 Å². The summed E-state index contributed by atoms with van der Waals surface area (Å²) in [5.74, 6) is 0.418. The number of benzene rings is 4. The highest BCUT2D eigenvalue weighted by atomic mass is 15.2.